The third kappa shape index (κ3) is 14.9. The zero-order valence-corrected chi connectivity index (χ0v) is 29.5. The van der Waals surface area contributed by atoms with Gasteiger partial charge in [-0.3, -0.25) is 0 Å². The highest BCUT2D eigenvalue weighted by molar-refractivity contribution is 5.92. The van der Waals surface area contributed by atoms with Gasteiger partial charge in [0.05, 0.1) is 49.8 Å². The average molecular weight is 687 g/mol. The molecule has 0 radical (unpaired) electrons. The summed E-state index contributed by atoms with van der Waals surface area (Å²) < 4.78 is 33.2. The van der Waals surface area contributed by atoms with Gasteiger partial charge in [0.2, 0.25) is 0 Å². The van der Waals surface area contributed by atoms with Gasteiger partial charge in [0.15, 0.2) is 0 Å². The molecule has 8 nitrogen and oxygen atoms in total. The van der Waals surface area contributed by atoms with E-state index in [0.717, 1.165) is 44.0 Å². The van der Waals surface area contributed by atoms with Gasteiger partial charge in [0, 0.05) is 0 Å². The number of carbonyl (C=O) groups is 2. The van der Waals surface area contributed by atoms with Crippen LogP contribution < -0.4 is 18.9 Å². The van der Waals surface area contributed by atoms with Gasteiger partial charge in [-0.05, 0) is 98.5 Å². The van der Waals surface area contributed by atoms with Crippen molar-refractivity contribution in [1.29, 1.82) is 0 Å². The molecular formula is C42H54O8. The molecule has 0 bridgehead atoms. The van der Waals surface area contributed by atoms with Gasteiger partial charge >= 0.3 is 11.9 Å². The maximum Gasteiger partial charge on any atom is 0.343 e. The molecule has 2 aliphatic heterocycles. The normalized spacial score (nSPS) is 16.1. The number of hydrogen-bond donors (Lipinski definition) is 0. The van der Waals surface area contributed by atoms with Crippen molar-refractivity contribution in [1.82, 2.24) is 0 Å². The minimum absolute atomic E-state index is 0.338. The minimum atomic E-state index is -0.497. The summed E-state index contributed by atoms with van der Waals surface area (Å²) in [7, 11) is 0. The Kier molecular flexibility index (Phi) is 16.0. The molecule has 8 heteroatoms. The molecule has 0 saturated carbocycles. The summed E-state index contributed by atoms with van der Waals surface area (Å²) in [6.07, 6.45) is 20.7. The van der Waals surface area contributed by atoms with Crippen molar-refractivity contribution in [2.45, 2.75) is 115 Å². The van der Waals surface area contributed by atoms with Crippen molar-refractivity contribution < 1.29 is 38.0 Å². The molecule has 2 aliphatic rings. The number of carbonyl (C=O) groups excluding carboxylic acids is 2. The van der Waals surface area contributed by atoms with E-state index in [1.165, 1.54) is 83.5 Å². The molecule has 2 heterocycles. The summed E-state index contributed by atoms with van der Waals surface area (Å²) in [5.41, 5.74) is 0.769. The van der Waals surface area contributed by atoms with E-state index in [4.69, 9.17) is 28.4 Å². The first-order valence-electron chi connectivity index (χ1n) is 18.9. The second-order valence-corrected chi connectivity index (χ2v) is 13.4. The van der Waals surface area contributed by atoms with E-state index in [1.807, 2.05) is 12.1 Å². The van der Waals surface area contributed by atoms with Crippen LogP contribution in [0.5, 0.6) is 23.0 Å². The average Bonchev–Trinajstić information content (AvgIpc) is 4.08. The fourth-order valence-electron chi connectivity index (χ4n) is 5.85. The smallest absolute Gasteiger partial charge is 0.343 e. The topological polar surface area (TPSA) is 96.1 Å². The van der Waals surface area contributed by atoms with Crippen molar-refractivity contribution in [3.05, 3.63) is 83.9 Å². The molecule has 0 aliphatic carbocycles. The maximum atomic E-state index is 12.7. The molecule has 5 rings (SSSR count). The third-order valence-corrected chi connectivity index (χ3v) is 9.11. The van der Waals surface area contributed by atoms with E-state index in [2.05, 4.69) is 0 Å². The first kappa shape index (κ1) is 37.4. The Balaban J connectivity index is 0.904. The second kappa shape index (κ2) is 21.4. The molecule has 270 valence electrons. The van der Waals surface area contributed by atoms with Crippen LogP contribution in [0.15, 0.2) is 72.8 Å². The lowest BCUT2D eigenvalue weighted by atomic mass is 10.1. The molecule has 0 N–H and O–H groups in total. The number of esters is 2. The van der Waals surface area contributed by atoms with Crippen molar-refractivity contribution >= 4 is 11.9 Å². The van der Waals surface area contributed by atoms with E-state index in [0.29, 0.717) is 48.0 Å². The van der Waals surface area contributed by atoms with Crippen LogP contribution in [0, 0.1) is 0 Å². The highest BCUT2D eigenvalue weighted by atomic mass is 16.6. The molecule has 0 aromatic heterocycles. The molecule has 2 atom stereocenters. The maximum absolute atomic E-state index is 12.7. The summed E-state index contributed by atoms with van der Waals surface area (Å²) in [6, 6.07) is 20.3. The van der Waals surface area contributed by atoms with Crippen molar-refractivity contribution in [2.75, 3.05) is 26.4 Å². The number of ether oxygens (including phenoxy) is 6. The first-order valence-corrected chi connectivity index (χ1v) is 18.9. The Hall–Kier alpha value is -3.88. The van der Waals surface area contributed by atoms with Crippen molar-refractivity contribution in [3.63, 3.8) is 0 Å². The highest BCUT2D eigenvalue weighted by Crippen LogP contribution is 2.22. The summed E-state index contributed by atoms with van der Waals surface area (Å²) in [5.74, 6) is 1.27. The zero-order chi connectivity index (χ0) is 34.6. The van der Waals surface area contributed by atoms with Crippen LogP contribution in [0.1, 0.15) is 123 Å². The molecular weight excluding hydrogens is 632 g/mol. The van der Waals surface area contributed by atoms with E-state index >= 15 is 0 Å². The molecule has 3 aromatic carbocycles. The molecule has 3 aromatic rings. The third-order valence-electron chi connectivity index (χ3n) is 9.11. The van der Waals surface area contributed by atoms with Gasteiger partial charge in [-0.15, -0.1) is 0 Å². The summed E-state index contributed by atoms with van der Waals surface area (Å²) in [6.45, 7) is 3.27. The molecule has 0 spiro atoms. The van der Waals surface area contributed by atoms with Gasteiger partial charge in [-0.25, -0.2) is 9.59 Å². The van der Waals surface area contributed by atoms with Crippen molar-refractivity contribution in [2.24, 2.45) is 0 Å². The summed E-state index contributed by atoms with van der Waals surface area (Å²) in [5, 5.41) is 0. The highest BCUT2D eigenvalue weighted by Gasteiger charge is 2.21. The molecule has 0 amide bonds. The van der Waals surface area contributed by atoms with Crippen LogP contribution in [0.2, 0.25) is 0 Å². The fraction of sp³-hybridized carbons (Fsp3) is 0.524. The number of benzene rings is 3. The number of unbranched alkanes of at least 4 members (excludes halogenated alkanes) is 12. The van der Waals surface area contributed by atoms with Crippen LogP contribution >= 0.6 is 0 Å². The van der Waals surface area contributed by atoms with Gasteiger partial charge in [0.25, 0.3) is 0 Å². The predicted octanol–water partition coefficient (Wildman–Crippen LogP) is 9.92. The number of epoxide rings is 2. The number of rotatable bonds is 26. The minimum Gasteiger partial charge on any atom is -0.494 e. The van der Waals surface area contributed by atoms with Crippen LogP contribution in [-0.2, 0) is 9.47 Å². The van der Waals surface area contributed by atoms with Crippen LogP contribution in [0.25, 0.3) is 0 Å². The van der Waals surface area contributed by atoms with Gasteiger partial charge < -0.3 is 28.4 Å². The standard InChI is InChI=1S/C42H54O8/c43-41(33-17-21-35(22-18-33)45-29-13-9-5-1-3-7-11-15-39-31-47-39)49-37-23-19-34(20-24-37)42(44)50-38-27-25-36(26-28-38)46-30-14-10-6-2-4-8-12-16-40-32-48-40/h17-28,39-40H,1-16,29-32H2. The Bertz CT molecular complexity index is 1400. The van der Waals surface area contributed by atoms with E-state index in [1.54, 1.807) is 60.7 Å². The predicted molar refractivity (Wildman–Crippen MR) is 194 cm³/mol. The van der Waals surface area contributed by atoms with Gasteiger partial charge in [-0.2, -0.15) is 0 Å². The van der Waals surface area contributed by atoms with Crippen LogP contribution in [-0.4, -0.2) is 50.6 Å². The molecule has 50 heavy (non-hydrogen) atoms. The second-order valence-electron chi connectivity index (χ2n) is 13.4. The SMILES string of the molecule is O=C(Oc1ccc(C(=O)Oc2ccc(OCCCCCCCCCC3CO3)cc2)cc1)c1ccc(OCCCCCCCCCC2CO2)cc1. The van der Waals surface area contributed by atoms with Crippen LogP contribution in [0.4, 0.5) is 0 Å². The molecule has 2 unspecified atom stereocenters. The van der Waals surface area contributed by atoms with Crippen LogP contribution in [0.3, 0.4) is 0 Å². The largest absolute Gasteiger partial charge is 0.494 e. The first-order chi connectivity index (χ1) is 24.6. The lowest BCUT2D eigenvalue weighted by Gasteiger charge is -2.09. The molecule has 2 saturated heterocycles. The Morgan fingerprint density at radius 1 is 0.440 bits per heavy atom. The Morgan fingerprint density at radius 3 is 1.12 bits per heavy atom. The van der Waals surface area contributed by atoms with E-state index in [9.17, 15) is 9.59 Å². The summed E-state index contributed by atoms with van der Waals surface area (Å²) in [4.78, 5) is 25.4. The number of hydrogen-bond acceptors (Lipinski definition) is 8. The summed E-state index contributed by atoms with van der Waals surface area (Å²) >= 11 is 0. The zero-order valence-electron chi connectivity index (χ0n) is 29.5. The van der Waals surface area contributed by atoms with Crippen molar-refractivity contribution in [3.8, 4) is 23.0 Å². The quantitative estimate of drug-likeness (QED) is 0.0356. The van der Waals surface area contributed by atoms with Gasteiger partial charge in [0.1, 0.15) is 23.0 Å². The lowest BCUT2D eigenvalue weighted by Crippen LogP contribution is -2.10. The monoisotopic (exact) mass is 686 g/mol. The van der Waals surface area contributed by atoms with E-state index in [-0.39, 0.29) is 0 Å². The Morgan fingerprint density at radius 2 is 0.740 bits per heavy atom. The Labute approximate surface area is 297 Å². The lowest BCUT2D eigenvalue weighted by molar-refractivity contribution is 0.0730. The van der Waals surface area contributed by atoms with E-state index < -0.39 is 11.9 Å². The fourth-order valence-corrected chi connectivity index (χ4v) is 5.85. The van der Waals surface area contributed by atoms with Gasteiger partial charge in [-0.1, -0.05) is 77.0 Å². The molecule has 2 fully saturated rings.